The van der Waals surface area contributed by atoms with Crippen LogP contribution in [0.4, 0.5) is 17.6 Å². The normalized spacial score (nSPS) is 19.1. The van der Waals surface area contributed by atoms with Gasteiger partial charge in [0.05, 0.1) is 5.92 Å². The molecule has 0 aliphatic carbocycles. The van der Waals surface area contributed by atoms with E-state index in [1.807, 2.05) is 0 Å². The minimum absolute atomic E-state index is 0.0525. The third kappa shape index (κ3) is 3.04. The summed E-state index contributed by atoms with van der Waals surface area (Å²) < 4.78 is 73.5. The van der Waals surface area contributed by atoms with E-state index >= 15 is 0 Å². The SMILES string of the molecule is O=C(O)C(F)(F)C1COc2cc(OCc3cccc4c3OC(F)(F)O4)ccc21. The second-order valence-electron chi connectivity index (χ2n) is 6.19. The zero-order valence-corrected chi connectivity index (χ0v) is 14.0. The Morgan fingerprint density at radius 3 is 2.75 bits per heavy atom. The van der Waals surface area contributed by atoms with Gasteiger partial charge in [0, 0.05) is 17.2 Å². The first kappa shape index (κ1) is 18.2. The van der Waals surface area contributed by atoms with Crippen LogP contribution in [-0.2, 0) is 11.4 Å². The largest absolute Gasteiger partial charge is 0.586 e. The van der Waals surface area contributed by atoms with Crippen molar-refractivity contribution in [1.29, 1.82) is 0 Å². The fraction of sp³-hybridized carbons (Fsp3) is 0.278. The summed E-state index contributed by atoms with van der Waals surface area (Å²) >= 11 is 0. The number of hydrogen-bond acceptors (Lipinski definition) is 5. The number of halogens is 4. The molecular formula is C18H12F4O6. The number of ether oxygens (including phenoxy) is 4. The van der Waals surface area contributed by atoms with Crippen molar-refractivity contribution in [3.8, 4) is 23.0 Å². The molecule has 4 rings (SSSR count). The highest BCUT2D eigenvalue weighted by Crippen LogP contribution is 2.45. The summed E-state index contributed by atoms with van der Waals surface area (Å²) in [6.07, 6.45) is -3.76. The lowest BCUT2D eigenvalue weighted by molar-refractivity contribution is -0.287. The van der Waals surface area contributed by atoms with E-state index in [0.29, 0.717) is 5.56 Å². The van der Waals surface area contributed by atoms with Gasteiger partial charge in [-0.3, -0.25) is 0 Å². The second-order valence-corrected chi connectivity index (χ2v) is 6.19. The highest BCUT2D eigenvalue weighted by molar-refractivity contribution is 5.77. The molecule has 1 atom stereocenters. The maximum atomic E-state index is 13.8. The van der Waals surface area contributed by atoms with Gasteiger partial charge in [-0.1, -0.05) is 18.2 Å². The van der Waals surface area contributed by atoms with Gasteiger partial charge in [-0.05, 0) is 12.1 Å². The number of carbonyl (C=O) groups is 1. The lowest BCUT2D eigenvalue weighted by atomic mass is 9.94. The van der Waals surface area contributed by atoms with Crippen LogP contribution in [0.1, 0.15) is 17.0 Å². The molecule has 148 valence electrons. The first-order valence-corrected chi connectivity index (χ1v) is 8.06. The molecule has 1 unspecified atom stereocenters. The van der Waals surface area contributed by atoms with Gasteiger partial charge in [-0.15, -0.1) is 8.78 Å². The number of carboxylic acids is 1. The van der Waals surface area contributed by atoms with Crippen LogP contribution < -0.4 is 18.9 Å². The van der Waals surface area contributed by atoms with Crippen molar-refractivity contribution < 1.29 is 46.4 Å². The zero-order chi connectivity index (χ0) is 20.1. The van der Waals surface area contributed by atoms with Gasteiger partial charge in [-0.2, -0.15) is 8.78 Å². The average molecular weight is 400 g/mol. The van der Waals surface area contributed by atoms with Gasteiger partial charge < -0.3 is 24.1 Å². The number of carboxylic acid groups (broad SMARTS) is 1. The summed E-state index contributed by atoms with van der Waals surface area (Å²) in [7, 11) is 0. The number of fused-ring (bicyclic) bond motifs is 2. The van der Waals surface area contributed by atoms with Crippen LogP contribution in [0.15, 0.2) is 36.4 Å². The Labute approximate surface area is 155 Å². The molecule has 0 bridgehead atoms. The van der Waals surface area contributed by atoms with Crippen LogP contribution in [0.2, 0.25) is 0 Å². The first-order chi connectivity index (χ1) is 13.2. The molecular weight excluding hydrogens is 388 g/mol. The molecule has 0 fully saturated rings. The minimum atomic E-state index is -3.97. The third-order valence-electron chi connectivity index (χ3n) is 4.39. The topological polar surface area (TPSA) is 74.2 Å². The predicted octanol–water partition coefficient (Wildman–Crippen LogP) is 3.78. The Hall–Kier alpha value is -3.17. The standard InChI is InChI=1S/C18H12F4O6/c19-17(20,16(23)24)12-8-26-14-6-10(4-5-11(12)14)25-7-9-2-1-3-13-15(9)28-18(21,22)27-13/h1-6,12H,7-8H2,(H,23,24). The molecule has 2 aromatic rings. The van der Waals surface area contributed by atoms with E-state index in [9.17, 15) is 22.4 Å². The highest BCUT2D eigenvalue weighted by atomic mass is 19.3. The summed E-state index contributed by atoms with van der Waals surface area (Å²) in [5.74, 6) is -7.78. The van der Waals surface area contributed by atoms with E-state index in [0.717, 1.165) is 0 Å². The van der Waals surface area contributed by atoms with Crippen molar-refractivity contribution in [2.24, 2.45) is 0 Å². The van der Waals surface area contributed by atoms with Gasteiger partial charge in [0.15, 0.2) is 11.5 Å². The molecule has 2 aliphatic rings. The van der Waals surface area contributed by atoms with Crippen molar-refractivity contribution in [2.45, 2.75) is 24.7 Å². The van der Waals surface area contributed by atoms with Crippen molar-refractivity contribution in [2.75, 3.05) is 6.61 Å². The van der Waals surface area contributed by atoms with Crippen LogP contribution in [0.25, 0.3) is 0 Å². The first-order valence-electron chi connectivity index (χ1n) is 8.06. The Morgan fingerprint density at radius 2 is 2.00 bits per heavy atom. The third-order valence-corrected chi connectivity index (χ3v) is 4.39. The summed E-state index contributed by atoms with van der Waals surface area (Å²) in [6.45, 7) is -0.638. The van der Waals surface area contributed by atoms with Gasteiger partial charge in [0.1, 0.15) is 24.7 Å². The van der Waals surface area contributed by atoms with E-state index in [-0.39, 0.29) is 35.2 Å². The van der Waals surface area contributed by atoms with Crippen LogP contribution in [0.5, 0.6) is 23.0 Å². The van der Waals surface area contributed by atoms with Crippen molar-refractivity contribution in [3.05, 3.63) is 47.5 Å². The quantitative estimate of drug-likeness (QED) is 0.770. The molecule has 1 N–H and O–H groups in total. The van der Waals surface area contributed by atoms with E-state index in [2.05, 4.69) is 9.47 Å². The molecule has 0 amide bonds. The number of hydrogen-bond donors (Lipinski definition) is 1. The molecule has 6 nitrogen and oxygen atoms in total. The molecule has 0 saturated heterocycles. The maximum absolute atomic E-state index is 13.8. The second kappa shape index (κ2) is 6.18. The monoisotopic (exact) mass is 400 g/mol. The molecule has 0 spiro atoms. The van der Waals surface area contributed by atoms with Gasteiger partial charge in [-0.25, -0.2) is 4.79 Å². The molecule has 2 aromatic carbocycles. The Morgan fingerprint density at radius 1 is 1.21 bits per heavy atom. The Kier molecular flexibility index (Phi) is 4.02. The predicted molar refractivity (Wildman–Crippen MR) is 84.2 cm³/mol. The van der Waals surface area contributed by atoms with Crippen LogP contribution >= 0.6 is 0 Å². The van der Waals surface area contributed by atoms with E-state index < -0.39 is 30.7 Å². The average Bonchev–Trinajstić information content (AvgIpc) is 3.18. The minimum Gasteiger partial charge on any atom is -0.492 e. The number of aliphatic carboxylic acids is 1. The van der Waals surface area contributed by atoms with Crippen molar-refractivity contribution >= 4 is 5.97 Å². The summed E-state index contributed by atoms with van der Waals surface area (Å²) in [5, 5.41) is 8.70. The number of alkyl halides is 4. The summed E-state index contributed by atoms with van der Waals surface area (Å²) in [6, 6.07) is 8.33. The van der Waals surface area contributed by atoms with Crippen LogP contribution in [0.3, 0.4) is 0 Å². The van der Waals surface area contributed by atoms with Crippen LogP contribution in [0, 0.1) is 0 Å². The fourth-order valence-electron chi connectivity index (χ4n) is 3.03. The van der Waals surface area contributed by atoms with Crippen molar-refractivity contribution in [3.63, 3.8) is 0 Å². The molecule has 28 heavy (non-hydrogen) atoms. The summed E-state index contributed by atoms with van der Waals surface area (Å²) in [5.41, 5.74) is 0.350. The van der Waals surface area contributed by atoms with Gasteiger partial charge >= 0.3 is 18.2 Å². The lowest BCUT2D eigenvalue weighted by Crippen LogP contribution is -2.36. The Bertz CT molecular complexity index is 946. The smallest absolute Gasteiger partial charge is 0.492 e. The molecule has 2 aliphatic heterocycles. The van der Waals surface area contributed by atoms with Gasteiger partial charge in [0.2, 0.25) is 0 Å². The van der Waals surface area contributed by atoms with E-state index in [4.69, 9.17) is 14.6 Å². The number of benzene rings is 2. The molecule has 0 aromatic heterocycles. The zero-order valence-electron chi connectivity index (χ0n) is 14.0. The van der Waals surface area contributed by atoms with E-state index in [1.54, 1.807) is 0 Å². The maximum Gasteiger partial charge on any atom is 0.586 e. The molecule has 2 heterocycles. The highest BCUT2D eigenvalue weighted by Gasteiger charge is 2.52. The Balaban J connectivity index is 1.51. The molecule has 0 saturated carbocycles. The van der Waals surface area contributed by atoms with Gasteiger partial charge in [0.25, 0.3) is 0 Å². The number of para-hydroxylation sites is 1. The molecule has 10 heteroatoms. The fourth-order valence-corrected chi connectivity index (χ4v) is 3.03. The lowest BCUT2D eigenvalue weighted by Gasteiger charge is -2.17. The van der Waals surface area contributed by atoms with Crippen molar-refractivity contribution in [1.82, 2.24) is 0 Å². The summed E-state index contributed by atoms with van der Waals surface area (Å²) in [4.78, 5) is 10.8. The van der Waals surface area contributed by atoms with E-state index in [1.165, 1.54) is 36.4 Å². The molecule has 0 radical (unpaired) electrons. The number of rotatable bonds is 5. The van der Waals surface area contributed by atoms with Crippen LogP contribution in [-0.4, -0.2) is 29.9 Å².